The molecule has 1 aromatic carbocycles. The summed E-state index contributed by atoms with van der Waals surface area (Å²) in [7, 11) is 0. The van der Waals surface area contributed by atoms with E-state index in [1.54, 1.807) is 18.6 Å². The zero-order chi connectivity index (χ0) is 22.0. The molecule has 0 aliphatic heterocycles. The number of pyridine rings is 1. The van der Waals surface area contributed by atoms with Crippen LogP contribution in [0.5, 0.6) is 0 Å². The van der Waals surface area contributed by atoms with Crippen molar-refractivity contribution in [3.05, 3.63) is 84.1 Å². The molecule has 4 aromatic rings. The van der Waals surface area contributed by atoms with Crippen molar-refractivity contribution in [2.75, 3.05) is 0 Å². The lowest BCUT2D eigenvalue weighted by Gasteiger charge is -2.21. The zero-order valence-electron chi connectivity index (χ0n) is 18.2. The summed E-state index contributed by atoms with van der Waals surface area (Å²) in [5.41, 5.74) is 4.88. The zero-order valence-corrected chi connectivity index (χ0v) is 18.2. The van der Waals surface area contributed by atoms with Crippen LogP contribution in [0.4, 0.5) is 0 Å². The first kappa shape index (κ1) is 20.5. The molecule has 1 N–H and O–H groups in total. The number of carbonyl (C=O) groups is 1. The molecule has 0 saturated heterocycles. The minimum absolute atomic E-state index is 0.152. The average Bonchev–Trinajstić information content (AvgIpc) is 3.37. The van der Waals surface area contributed by atoms with E-state index in [0.29, 0.717) is 12.1 Å². The summed E-state index contributed by atoms with van der Waals surface area (Å²) < 4.78 is 3.71. The Balaban J connectivity index is 1.62. The number of carbonyl (C=O) groups excluding carboxylic acids is 1. The Bertz CT molecular complexity index is 1190. The van der Waals surface area contributed by atoms with E-state index >= 15 is 0 Å². The van der Waals surface area contributed by atoms with Crippen molar-refractivity contribution >= 4 is 5.91 Å². The second-order valence-corrected chi connectivity index (χ2v) is 8.43. The van der Waals surface area contributed by atoms with Crippen LogP contribution >= 0.6 is 0 Å². The predicted molar refractivity (Wildman–Crippen MR) is 120 cm³/mol. The van der Waals surface area contributed by atoms with E-state index in [9.17, 15) is 4.79 Å². The number of aromatic nitrogens is 5. The summed E-state index contributed by atoms with van der Waals surface area (Å²) in [6.07, 6.45) is 7.07. The van der Waals surface area contributed by atoms with Crippen LogP contribution in [0.3, 0.4) is 0 Å². The van der Waals surface area contributed by atoms with Crippen molar-refractivity contribution < 1.29 is 4.79 Å². The molecule has 4 rings (SSSR count). The Morgan fingerprint density at radius 1 is 1.06 bits per heavy atom. The predicted octanol–water partition coefficient (Wildman–Crippen LogP) is 4.12. The van der Waals surface area contributed by atoms with Crippen LogP contribution in [0.2, 0.25) is 0 Å². The van der Waals surface area contributed by atoms with Crippen LogP contribution in [0.25, 0.3) is 16.9 Å². The van der Waals surface area contributed by atoms with E-state index in [-0.39, 0.29) is 11.4 Å². The SMILES string of the molecule is Cc1c(C(=O)NCc2cn(-c3ccccc3)nc2-c2ccncc2)cnn1C(C)(C)C. The Morgan fingerprint density at radius 2 is 1.77 bits per heavy atom. The molecule has 158 valence electrons. The van der Waals surface area contributed by atoms with E-state index in [1.807, 2.05) is 64.9 Å². The number of benzene rings is 1. The second-order valence-electron chi connectivity index (χ2n) is 8.43. The van der Waals surface area contributed by atoms with E-state index in [0.717, 1.165) is 28.2 Å². The number of rotatable bonds is 5. The van der Waals surface area contributed by atoms with Gasteiger partial charge in [-0.2, -0.15) is 10.2 Å². The van der Waals surface area contributed by atoms with Gasteiger partial charge in [0.2, 0.25) is 0 Å². The lowest BCUT2D eigenvalue weighted by atomic mass is 10.1. The summed E-state index contributed by atoms with van der Waals surface area (Å²) in [6, 6.07) is 13.7. The lowest BCUT2D eigenvalue weighted by Crippen LogP contribution is -2.26. The fraction of sp³-hybridized carbons (Fsp3) is 0.250. The van der Waals surface area contributed by atoms with Gasteiger partial charge in [0, 0.05) is 42.0 Å². The normalized spacial score (nSPS) is 11.5. The number of nitrogens with one attached hydrogen (secondary N) is 1. The molecule has 0 fully saturated rings. The molecule has 0 aliphatic carbocycles. The Kier molecular flexibility index (Phi) is 5.42. The Hall–Kier alpha value is -3.74. The van der Waals surface area contributed by atoms with Crippen molar-refractivity contribution in [2.45, 2.75) is 39.8 Å². The molecule has 0 aliphatic rings. The molecular weight excluding hydrogens is 388 g/mol. The fourth-order valence-corrected chi connectivity index (χ4v) is 3.58. The highest BCUT2D eigenvalue weighted by atomic mass is 16.1. The van der Waals surface area contributed by atoms with Crippen LogP contribution in [0.1, 0.15) is 42.4 Å². The smallest absolute Gasteiger partial charge is 0.255 e. The van der Waals surface area contributed by atoms with Crippen molar-refractivity contribution in [1.29, 1.82) is 0 Å². The Morgan fingerprint density at radius 3 is 2.42 bits per heavy atom. The van der Waals surface area contributed by atoms with Gasteiger partial charge in [-0.3, -0.25) is 14.5 Å². The number of para-hydroxylation sites is 1. The number of hydrogen-bond donors (Lipinski definition) is 1. The molecule has 7 heteroatoms. The molecule has 0 bridgehead atoms. The second kappa shape index (κ2) is 8.18. The monoisotopic (exact) mass is 414 g/mol. The number of hydrogen-bond acceptors (Lipinski definition) is 4. The molecule has 0 atom stereocenters. The minimum Gasteiger partial charge on any atom is -0.348 e. The quantitative estimate of drug-likeness (QED) is 0.533. The number of nitrogens with zero attached hydrogens (tertiary/aromatic N) is 5. The van der Waals surface area contributed by atoms with Gasteiger partial charge >= 0.3 is 0 Å². The first-order chi connectivity index (χ1) is 14.8. The Labute approximate surface area is 181 Å². The van der Waals surface area contributed by atoms with E-state index in [4.69, 9.17) is 5.10 Å². The minimum atomic E-state index is -0.187. The molecule has 7 nitrogen and oxygen atoms in total. The van der Waals surface area contributed by atoms with E-state index < -0.39 is 0 Å². The molecule has 1 amide bonds. The van der Waals surface area contributed by atoms with Crippen molar-refractivity contribution in [3.63, 3.8) is 0 Å². The highest BCUT2D eigenvalue weighted by Gasteiger charge is 2.22. The molecular formula is C24H26N6O. The van der Waals surface area contributed by atoms with Crippen LogP contribution in [0, 0.1) is 6.92 Å². The van der Waals surface area contributed by atoms with E-state index in [1.165, 1.54) is 0 Å². The highest BCUT2D eigenvalue weighted by molar-refractivity contribution is 5.95. The third-order valence-corrected chi connectivity index (χ3v) is 5.09. The summed E-state index contributed by atoms with van der Waals surface area (Å²) in [6.45, 7) is 8.46. The van der Waals surface area contributed by atoms with Crippen molar-refractivity contribution in [3.8, 4) is 16.9 Å². The van der Waals surface area contributed by atoms with Crippen molar-refractivity contribution in [1.82, 2.24) is 29.9 Å². The maximum absolute atomic E-state index is 12.9. The van der Waals surface area contributed by atoms with Crippen LogP contribution in [0.15, 0.2) is 67.3 Å². The third kappa shape index (κ3) is 4.26. The van der Waals surface area contributed by atoms with Gasteiger partial charge in [-0.1, -0.05) is 18.2 Å². The largest absolute Gasteiger partial charge is 0.348 e. The van der Waals surface area contributed by atoms with Gasteiger partial charge in [0.1, 0.15) is 0 Å². The van der Waals surface area contributed by atoms with Gasteiger partial charge in [0.15, 0.2) is 0 Å². The summed E-state index contributed by atoms with van der Waals surface area (Å²) in [5.74, 6) is -0.152. The maximum Gasteiger partial charge on any atom is 0.255 e. The lowest BCUT2D eigenvalue weighted by molar-refractivity contribution is 0.0950. The van der Waals surface area contributed by atoms with Crippen LogP contribution in [-0.2, 0) is 12.1 Å². The van der Waals surface area contributed by atoms with Gasteiger partial charge in [-0.15, -0.1) is 0 Å². The standard InChI is InChI=1S/C24H26N6O/c1-17-21(15-27-30(17)24(2,3)4)23(31)26-14-19-16-29(20-8-6-5-7-9-20)28-22(19)18-10-12-25-13-11-18/h5-13,15-16H,14H2,1-4H3,(H,26,31). The fourth-order valence-electron chi connectivity index (χ4n) is 3.58. The molecule has 0 unspecified atom stereocenters. The molecule has 0 spiro atoms. The van der Waals surface area contributed by atoms with Crippen molar-refractivity contribution in [2.24, 2.45) is 0 Å². The summed E-state index contributed by atoms with van der Waals surface area (Å²) >= 11 is 0. The van der Waals surface area contributed by atoms with Gasteiger partial charge in [0.05, 0.1) is 28.7 Å². The summed E-state index contributed by atoms with van der Waals surface area (Å²) in [5, 5.41) is 12.2. The topological polar surface area (TPSA) is 77.6 Å². The van der Waals surface area contributed by atoms with Gasteiger partial charge in [-0.05, 0) is 52.0 Å². The average molecular weight is 415 g/mol. The first-order valence-corrected chi connectivity index (χ1v) is 10.2. The first-order valence-electron chi connectivity index (χ1n) is 10.2. The third-order valence-electron chi connectivity index (χ3n) is 5.09. The van der Waals surface area contributed by atoms with Gasteiger partial charge in [-0.25, -0.2) is 4.68 Å². The molecule has 3 heterocycles. The van der Waals surface area contributed by atoms with Crippen LogP contribution in [-0.4, -0.2) is 30.5 Å². The van der Waals surface area contributed by atoms with Gasteiger partial charge < -0.3 is 5.32 Å². The molecule has 3 aromatic heterocycles. The molecule has 0 radical (unpaired) electrons. The van der Waals surface area contributed by atoms with Crippen LogP contribution < -0.4 is 5.32 Å². The summed E-state index contributed by atoms with van der Waals surface area (Å²) in [4.78, 5) is 17.0. The van der Waals surface area contributed by atoms with E-state index in [2.05, 4.69) is 36.2 Å². The van der Waals surface area contributed by atoms with Gasteiger partial charge in [0.25, 0.3) is 5.91 Å². The highest BCUT2D eigenvalue weighted by Crippen LogP contribution is 2.24. The maximum atomic E-state index is 12.9. The molecule has 0 saturated carbocycles. The molecule has 31 heavy (non-hydrogen) atoms. The number of amides is 1.